The third-order valence-corrected chi connectivity index (χ3v) is 4.42. The van der Waals surface area contributed by atoms with Crippen molar-refractivity contribution in [1.29, 1.82) is 0 Å². The van der Waals surface area contributed by atoms with Gasteiger partial charge >= 0.3 is 5.97 Å². The fraction of sp³-hybridized carbons (Fsp3) is 0.300. The van der Waals surface area contributed by atoms with Crippen molar-refractivity contribution in [3.05, 3.63) is 59.2 Å². The van der Waals surface area contributed by atoms with Crippen molar-refractivity contribution >= 4 is 22.9 Å². The molecule has 7 nitrogen and oxygen atoms in total. The number of pyridine rings is 1. The summed E-state index contributed by atoms with van der Waals surface area (Å²) in [6.45, 7) is 3.89. The SMILES string of the molecule is CCN(Cc1cccc(F)c1)C(=O)COC(=O)c1cnc2c(c1)c(C)nn2C. The zero-order valence-corrected chi connectivity index (χ0v) is 16.0. The molecule has 0 radical (unpaired) electrons. The zero-order chi connectivity index (χ0) is 20.3. The number of nitrogens with zero attached hydrogens (tertiary/aromatic N) is 4. The maximum atomic E-state index is 13.3. The number of likely N-dealkylation sites (N-methyl/N-ethyl adjacent to an activating group) is 1. The lowest BCUT2D eigenvalue weighted by atomic mass is 10.2. The van der Waals surface area contributed by atoms with Gasteiger partial charge in [0.15, 0.2) is 12.3 Å². The monoisotopic (exact) mass is 384 g/mol. The van der Waals surface area contributed by atoms with Crippen LogP contribution in [0.2, 0.25) is 0 Å². The molecule has 146 valence electrons. The Morgan fingerprint density at radius 1 is 1.29 bits per heavy atom. The third kappa shape index (κ3) is 4.16. The van der Waals surface area contributed by atoms with E-state index in [2.05, 4.69) is 10.1 Å². The summed E-state index contributed by atoms with van der Waals surface area (Å²) in [6.07, 6.45) is 1.40. The van der Waals surface area contributed by atoms with Gasteiger partial charge in [-0.2, -0.15) is 5.10 Å². The first kappa shape index (κ1) is 19.5. The van der Waals surface area contributed by atoms with E-state index in [4.69, 9.17) is 4.74 Å². The predicted molar refractivity (Wildman–Crippen MR) is 101 cm³/mol. The first-order valence-electron chi connectivity index (χ1n) is 8.87. The molecule has 0 atom stereocenters. The van der Waals surface area contributed by atoms with Crippen LogP contribution in [0.1, 0.15) is 28.5 Å². The number of carbonyl (C=O) groups excluding carboxylic acids is 2. The minimum Gasteiger partial charge on any atom is -0.452 e. The molecule has 1 aromatic carbocycles. The van der Waals surface area contributed by atoms with Gasteiger partial charge in [0.25, 0.3) is 5.91 Å². The van der Waals surface area contributed by atoms with E-state index in [-0.39, 0.29) is 23.8 Å². The lowest BCUT2D eigenvalue weighted by Gasteiger charge is -2.21. The van der Waals surface area contributed by atoms with E-state index in [1.807, 2.05) is 13.8 Å². The minimum absolute atomic E-state index is 0.243. The minimum atomic E-state index is -0.632. The number of ether oxygens (including phenoxy) is 1. The molecule has 0 aliphatic heterocycles. The fourth-order valence-corrected chi connectivity index (χ4v) is 2.95. The van der Waals surface area contributed by atoms with Crippen LogP contribution in [-0.2, 0) is 23.1 Å². The molecule has 2 heterocycles. The second-order valence-electron chi connectivity index (χ2n) is 6.42. The number of aryl methyl sites for hydroxylation is 2. The van der Waals surface area contributed by atoms with E-state index in [0.717, 1.165) is 11.1 Å². The molecule has 3 rings (SSSR count). The van der Waals surface area contributed by atoms with E-state index in [0.29, 0.717) is 17.8 Å². The first-order chi connectivity index (χ1) is 13.4. The summed E-state index contributed by atoms with van der Waals surface area (Å²) < 4.78 is 20.1. The molecule has 0 fully saturated rings. The molecule has 0 aliphatic rings. The van der Waals surface area contributed by atoms with Crippen LogP contribution in [-0.4, -0.2) is 44.7 Å². The maximum Gasteiger partial charge on any atom is 0.340 e. The van der Waals surface area contributed by atoms with Crippen LogP contribution >= 0.6 is 0 Å². The zero-order valence-electron chi connectivity index (χ0n) is 16.0. The Morgan fingerprint density at radius 2 is 2.07 bits per heavy atom. The Balaban J connectivity index is 1.64. The van der Waals surface area contributed by atoms with Crippen molar-refractivity contribution in [3.8, 4) is 0 Å². The third-order valence-electron chi connectivity index (χ3n) is 4.42. The van der Waals surface area contributed by atoms with Crippen molar-refractivity contribution in [1.82, 2.24) is 19.7 Å². The number of benzene rings is 1. The molecular weight excluding hydrogens is 363 g/mol. The van der Waals surface area contributed by atoms with Crippen molar-refractivity contribution in [2.75, 3.05) is 13.2 Å². The second kappa shape index (κ2) is 8.16. The van der Waals surface area contributed by atoms with Crippen molar-refractivity contribution in [2.45, 2.75) is 20.4 Å². The number of amides is 1. The lowest BCUT2D eigenvalue weighted by Crippen LogP contribution is -2.34. The molecule has 0 N–H and O–H groups in total. The second-order valence-corrected chi connectivity index (χ2v) is 6.42. The van der Waals surface area contributed by atoms with Gasteiger partial charge in [-0.3, -0.25) is 9.48 Å². The molecule has 0 saturated carbocycles. The van der Waals surface area contributed by atoms with Gasteiger partial charge < -0.3 is 9.64 Å². The number of esters is 1. The molecule has 0 unspecified atom stereocenters. The molecule has 1 amide bonds. The maximum absolute atomic E-state index is 13.3. The Bertz CT molecular complexity index is 1030. The van der Waals surface area contributed by atoms with E-state index in [1.54, 1.807) is 29.9 Å². The summed E-state index contributed by atoms with van der Waals surface area (Å²) >= 11 is 0. The molecule has 0 aliphatic carbocycles. The van der Waals surface area contributed by atoms with Crippen LogP contribution in [0.4, 0.5) is 4.39 Å². The average molecular weight is 384 g/mol. The van der Waals surface area contributed by atoms with Gasteiger partial charge in [0.1, 0.15) is 5.82 Å². The molecule has 2 aromatic heterocycles. The number of halogens is 1. The van der Waals surface area contributed by atoms with Crippen LogP contribution in [0.15, 0.2) is 36.5 Å². The first-order valence-corrected chi connectivity index (χ1v) is 8.87. The Morgan fingerprint density at radius 3 is 2.79 bits per heavy atom. The number of hydrogen-bond acceptors (Lipinski definition) is 5. The Kier molecular flexibility index (Phi) is 5.67. The number of hydrogen-bond donors (Lipinski definition) is 0. The number of rotatable bonds is 6. The van der Waals surface area contributed by atoms with E-state index < -0.39 is 12.6 Å². The highest BCUT2D eigenvalue weighted by atomic mass is 19.1. The van der Waals surface area contributed by atoms with Gasteiger partial charge in [-0.15, -0.1) is 0 Å². The van der Waals surface area contributed by atoms with Crippen molar-refractivity contribution in [2.24, 2.45) is 7.05 Å². The van der Waals surface area contributed by atoms with E-state index in [9.17, 15) is 14.0 Å². The highest BCUT2D eigenvalue weighted by Gasteiger charge is 2.17. The Hall–Kier alpha value is -3.29. The lowest BCUT2D eigenvalue weighted by molar-refractivity contribution is -0.134. The number of carbonyl (C=O) groups is 2. The fourth-order valence-electron chi connectivity index (χ4n) is 2.95. The summed E-state index contributed by atoms with van der Waals surface area (Å²) in [5, 5.41) is 5.01. The normalized spacial score (nSPS) is 10.9. The summed E-state index contributed by atoms with van der Waals surface area (Å²) in [5.74, 6) is -1.35. The highest BCUT2D eigenvalue weighted by Crippen LogP contribution is 2.17. The predicted octanol–water partition coefficient (Wildman–Crippen LogP) is 2.62. The number of aromatic nitrogens is 3. The number of fused-ring (bicyclic) bond motifs is 1. The van der Waals surface area contributed by atoms with Crippen LogP contribution < -0.4 is 0 Å². The Labute approximate surface area is 161 Å². The van der Waals surface area contributed by atoms with Gasteiger partial charge in [-0.05, 0) is 37.6 Å². The van der Waals surface area contributed by atoms with Gasteiger partial charge in [-0.25, -0.2) is 14.2 Å². The standard InChI is InChI=1S/C20H21FN4O3/c1-4-25(11-14-6-5-7-16(21)8-14)18(26)12-28-20(27)15-9-17-13(2)23-24(3)19(17)22-10-15/h5-10H,4,11-12H2,1-3H3. The van der Waals surface area contributed by atoms with E-state index in [1.165, 1.54) is 23.2 Å². The van der Waals surface area contributed by atoms with Crippen LogP contribution in [0.5, 0.6) is 0 Å². The summed E-state index contributed by atoms with van der Waals surface area (Å²) in [5.41, 5.74) is 2.34. The van der Waals surface area contributed by atoms with Crippen LogP contribution in [0.25, 0.3) is 11.0 Å². The van der Waals surface area contributed by atoms with Gasteiger partial charge in [0.2, 0.25) is 0 Å². The average Bonchev–Trinajstić information content (AvgIpc) is 2.97. The molecular formula is C20H21FN4O3. The van der Waals surface area contributed by atoms with Gasteiger partial charge in [0.05, 0.1) is 11.3 Å². The van der Waals surface area contributed by atoms with E-state index >= 15 is 0 Å². The molecule has 0 bridgehead atoms. The van der Waals surface area contributed by atoms with Crippen LogP contribution in [0.3, 0.4) is 0 Å². The summed E-state index contributed by atoms with van der Waals surface area (Å²) in [4.78, 5) is 30.4. The van der Waals surface area contributed by atoms with Gasteiger partial charge in [0, 0.05) is 31.7 Å². The molecule has 8 heteroatoms. The molecule has 0 spiro atoms. The van der Waals surface area contributed by atoms with Crippen molar-refractivity contribution < 1.29 is 18.7 Å². The van der Waals surface area contributed by atoms with Crippen molar-refractivity contribution in [3.63, 3.8) is 0 Å². The molecule has 28 heavy (non-hydrogen) atoms. The van der Waals surface area contributed by atoms with Gasteiger partial charge in [-0.1, -0.05) is 12.1 Å². The summed E-state index contributed by atoms with van der Waals surface area (Å²) in [6, 6.07) is 7.70. The highest BCUT2D eigenvalue weighted by molar-refractivity contribution is 5.94. The topological polar surface area (TPSA) is 77.3 Å². The molecule has 0 saturated heterocycles. The van der Waals surface area contributed by atoms with Crippen LogP contribution in [0, 0.1) is 12.7 Å². The largest absolute Gasteiger partial charge is 0.452 e. The quantitative estimate of drug-likeness (QED) is 0.611. The smallest absolute Gasteiger partial charge is 0.340 e. The summed E-state index contributed by atoms with van der Waals surface area (Å²) in [7, 11) is 1.77. The molecule has 3 aromatic rings.